The second-order valence-electron chi connectivity index (χ2n) is 4.73. The van der Waals surface area contributed by atoms with E-state index in [-0.39, 0.29) is 5.54 Å². The summed E-state index contributed by atoms with van der Waals surface area (Å²) in [6.07, 6.45) is 0.833. The highest BCUT2D eigenvalue weighted by Gasteiger charge is 2.14. The highest BCUT2D eigenvalue weighted by atomic mass is 16.3. The molecular formula is C12H19NO. The number of hydrogen-bond acceptors (Lipinski definition) is 2. The fourth-order valence-electron chi connectivity index (χ4n) is 1.54. The van der Waals surface area contributed by atoms with Crippen LogP contribution in [-0.4, -0.2) is 10.6 Å². The maximum absolute atomic E-state index is 9.49. The third-order valence-corrected chi connectivity index (χ3v) is 2.30. The minimum atomic E-state index is -0.200. The Hall–Kier alpha value is -1.02. The summed E-state index contributed by atoms with van der Waals surface area (Å²) in [7, 11) is 0. The summed E-state index contributed by atoms with van der Waals surface area (Å²) in [6.45, 7) is 7.92. The Morgan fingerprint density at radius 1 is 1.21 bits per heavy atom. The molecule has 0 unspecified atom stereocenters. The predicted octanol–water partition coefficient (Wildman–Crippen LogP) is 2.29. The third-order valence-electron chi connectivity index (χ3n) is 2.30. The zero-order valence-electron chi connectivity index (χ0n) is 9.39. The Morgan fingerprint density at radius 3 is 2.29 bits per heavy atom. The first kappa shape index (κ1) is 11.1. The molecule has 0 fully saturated rings. The van der Waals surface area contributed by atoms with Crippen LogP contribution in [0.25, 0.3) is 0 Å². The molecule has 0 aliphatic rings. The highest BCUT2D eigenvalue weighted by molar-refractivity contribution is 5.41. The molecule has 14 heavy (non-hydrogen) atoms. The zero-order valence-corrected chi connectivity index (χ0v) is 9.39. The molecule has 0 amide bonds. The van der Waals surface area contributed by atoms with E-state index in [4.69, 9.17) is 5.73 Å². The predicted molar refractivity (Wildman–Crippen MR) is 59.6 cm³/mol. The highest BCUT2D eigenvalue weighted by Crippen LogP contribution is 2.23. The summed E-state index contributed by atoms with van der Waals surface area (Å²) in [5.74, 6) is 0.362. The van der Waals surface area contributed by atoms with Gasteiger partial charge in [0.1, 0.15) is 5.75 Å². The van der Waals surface area contributed by atoms with Crippen molar-refractivity contribution in [2.75, 3.05) is 0 Å². The molecule has 0 aliphatic heterocycles. The molecule has 0 saturated heterocycles. The van der Waals surface area contributed by atoms with E-state index in [0.29, 0.717) is 5.75 Å². The number of aryl methyl sites for hydroxylation is 2. The van der Waals surface area contributed by atoms with Gasteiger partial charge in [-0.15, -0.1) is 0 Å². The first-order valence-corrected chi connectivity index (χ1v) is 4.87. The number of benzene rings is 1. The molecule has 2 nitrogen and oxygen atoms in total. The fraction of sp³-hybridized carbons (Fsp3) is 0.500. The number of phenols is 1. The SMILES string of the molecule is Cc1cc(CC(C)(C)N)c(C)cc1O. The average Bonchev–Trinajstić information content (AvgIpc) is 1.97. The number of aromatic hydroxyl groups is 1. The van der Waals surface area contributed by atoms with Crippen LogP contribution in [0.3, 0.4) is 0 Å². The summed E-state index contributed by atoms with van der Waals surface area (Å²) in [4.78, 5) is 0. The van der Waals surface area contributed by atoms with Gasteiger partial charge in [0, 0.05) is 5.54 Å². The van der Waals surface area contributed by atoms with Crippen molar-refractivity contribution in [2.24, 2.45) is 5.73 Å². The maximum Gasteiger partial charge on any atom is 0.118 e. The van der Waals surface area contributed by atoms with Crippen molar-refractivity contribution >= 4 is 0 Å². The summed E-state index contributed by atoms with van der Waals surface area (Å²) >= 11 is 0. The molecule has 2 heteroatoms. The van der Waals surface area contributed by atoms with Crippen molar-refractivity contribution in [2.45, 2.75) is 39.7 Å². The molecule has 3 N–H and O–H groups in total. The van der Waals surface area contributed by atoms with E-state index in [1.54, 1.807) is 6.07 Å². The molecule has 0 aliphatic carbocycles. The Bertz CT molecular complexity index is 337. The van der Waals surface area contributed by atoms with Crippen LogP contribution in [0.15, 0.2) is 12.1 Å². The van der Waals surface area contributed by atoms with E-state index >= 15 is 0 Å². The van der Waals surface area contributed by atoms with Crippen LogP contribution in [0.1, 0.15) is 30.5 Å². The van der Waals surface area contributed by atoms with Gasteiger partial charge in [0.2, 0.25) is 0 Å². The molecule has 0 aromatic heterocycles. The van der Waals surface area contributed by atoms with Crippen LogP contribution in [0.5, 0.6) is 5.75 Å². The van der Waals surface area contributed by atoms with E-state index < -0.39 is 0 Å². The van der Waals surface area contributed by atoms with E-state index in [9.17, 15) is 5.11 Å². The van der Waals surface area contributed by atoms with Gasteiger partial charge in [0.05, 0.1) is 0 Å². The zero-order chi connectivity index (χ0) is 10.9. The van der Waals surface area contributed by atoms with E-state index in [2.05, 4.69) is 0 Å². The van der Waals surface area contributed by atoms with Crippen LogP contribution in [0.4, 0.5) is 0 Å². The molecule has 0 radical (unpaired) electrons. The summed E-state index contributed by atoms with van der Waals surface area (Å²) in [5, 5.41) is 9.49. The second-order valence-corrected chi connectivity index (χ2v) is 4.73. The van der Waals surface area contributed by atoms with Crippen molar-refractivity contribution in [1.29, 1.82) is 0 Å². The molecule has 1 aromatic rings. The van der Waals surface area contributed by atoms with E-state index in [1.165, 1.54) is 5.56 Å². The lowest BCUT2D eigenvalue weighted by atomic mass is 9.92. The van der Waals surface area contributed by atoms with E-state index in [0.717, 1.165) is 17.5 Å². The molecule has 1 rings (SSSR count). The standard InChI is InChI=1S/C12H19NO/c1-8-6-11(14)9(2)5-10(8)7-12(3,4)13/h5-6,14H,7,13H2,1-4H3. The fourth-order valence-corrected chi connectivity index (χ4v) is 1.54. The number of nitrogens with two attached hydrogens (primary N) is 1. The molecule has 0 spiro atoms. The summed E-state index contributed by atoms with van der Waals surface area (Å²) in [6, 6.07) is 3.82. The van der Waals surface area contributed by atoms with Crippen molar-refractivity contribution in [3.63, 3.8) is 0 Å². The van der Waals surface area contributed by atoms with Crippen LogP contribution >= 0.6 is 0 Å². The van der Waals surface area contributed by atoms with Crippen LogP contribution in [0.2, 0.25) is 0 Å². The molecule has 0 atom stereocenters. The van der Waals surface area contributed by atoms with Crippen molar-refractivity contribution < 1.29 is 5.11 Å². The average molecular weight is 193 g/mol. The molecular weight excluding hydrogens is 174 g/mol. The van der Waals surface area contributed by atoms with E-state index in [1.807, 2.05) is 33.8 Å². The van der Waals surface area contributed by atoms with Crippen molar-refractivity contribution in [1.82, 2.24) is 0 Å². The van der Waals surface area contributed by atoms with Crippen molar-refractivity contribution in [3.05, 3.63) is 28.8 Å². The lowest BCUT2D eigenvalue weighted by Gasteiger charge is -2.20. The van der Waals surface area contributed by atoms with Gasteiger partial charge in [-0.25, -0.2) is 0 Å². The first-order chi connectivity index (χ1) is 6.29. The largest absolute Gasteiger partial charge is 0.508 e. The lowest BCUT2D eigenvalue weighted by molar-refractivity contribution is 0.468. The van der Waals surface area contributed by atoms with Gasteiger partial charge in [-0.1, -0.05) is 6.07 Å². The summed E-state index contributed by atoms with van der Waals surface area (Å²) < 4.78 is 0. The van der Waals surface area contributed by atoms with Crippen LogP contribution < -0.4 is 5.73 Å². The lowest BCUT2D eigenvalue weighted by Crippen LogP contribution is -2.34. The van der Waals surface area contributed by atoms with Gasteiger partial charge in [0.15, 0.2) is 0 Å². The van der Waals surface area contributed by atoms with Gasteiger partial charge in [-0.3, -0.25) is 0 Å². The van der Waals surface area contributed by atoms with Gasteiger partial charge in [-0.2, -0.15) is 0 Å². The molecule has 0 saturated carbocycles. The third kappa shape index (κ3) is 2.74. The first-order valence-electron chi connectivity index (χ1n) is 4.87. The molecule has 0 bridgehead atoms. The van der Waals surface area contributed by atoms with Crippen molar-refractivity contribution in [3.8, 4) is 5.75 Å². The minimum absolute atomic E-state index is 0.200. The van der Waals surface area contributed by atoms with Crippen LogP contribution in [-0.2, 0) is 6.42 Å². The molecule has 0 heterocycles. The Kier molecular flexibility index (Phi) is 2.86. The number of rotatable bonds is 2. The van der Waals surface area contributed by atoms with Gasteiger partial charge in [0.25, 0.3) is 0 Å². The van der Waals surface area contributed by atoms with Gasteiger partial charge in [-0.05, 0) is 56.9 Å². The second kappa shape index (κ2) is 3.62. The van der Waals surface area contributed by atoms with Gasteiger partial charge < -0.3 is 10.8 Å². The molecule has 1 aromatic carbocycles. The minimum Gasteiger partial charge on any atom is -0.508 e. The monoisotopic (exact) mass is 193 g/mol. The van der Waals surface area contributed by atoms with Crippen LogP contribution in [0, 0.1) is 13.8 Å². The summed E-state index contributed by atoms with van der Waals surface area (Å²) in [5.41, 5.74) is 8.99. The Balaban J connectivity index is 3.04. The number of hydrogen-bond donors (Lipinski definition) is 2. The molecule has 78 valence electrons. The Labute approximate surface area is 85.8 Å². The maximum atomic E-state index is 9.49. The topological polar surface area (TPSA) is 46.2 Å². The quantitative estimate of drug-likeness (QED) is 0.757. The smallest absolute Gasteiger partial charge is 0.118 e. The Morgan fingerprint density at radius 2 is 1.79 bits per heavy atom. The number of phenolic OH excluding ortho intramolecular Hbond substituents is 1. The van der Waals surface area contributed by atoms with Gasteiger partial charge >= 0.3 is 0 Å². The normalized spacial score (nSPS) is 11.8.